The molecule has 154 valence electrons. The summed E-state index contributed by atoms with van der Waals surface area (Å²) in [6.07, 6.45) is 1.56. The molecule has 0 N–H and O–H groups in total. The van der Waals surface area contributed by atoms with Crippen LogP contribution in [0.3, 0.4) is 0 Å². The summed E-state index contributed by atoms with van der Waals surface area (Å²) in [5.41, 5.74) is -0.515. The standard InChI is InChI=1S/C21H40O5/c1-9-20(8,10-2)26-11-19(6,7)17-24-14-21(15-25-17)12-22-16(23-13-21)18(3,4)5/h16-17H,9-15H2,1-8H3. The molecular weight excluding hydrogens is 332 g/mol. The fourth-order valence-corrected chi connectivity index (χ4v) is 3.19. The van der Waals surface area contributed by atoms with Gasteiger partial charge in [-0.1, -0.05) is 48.5 Å². The van der Waals surface area contributed by atoms with Crippen LogP contribution in [0.25, 0.3) is 0 Å². The predicted molar refractivity (Wildman–Crippen MR) is 102 cm³/mol. The van der Waals surface area contributed by atoms with Gasteiger partial charge >= 0.3 is 0 Å². The topological polar surface area (TPSA) is 46.2 Å². The lowest BCUT2D eigenvalue weighted by Crippen LogP contribution is -2.56. The van der Waals surface area contributed by atoms with Gasteiger partial charge in [0, 0.05) is 10.8 Å². The number of hydrogen-bond donors (Lipinski definition) is 0. The summed E-state index contributed by atoms with van der Waals surface area (Å²) in [6.45, 7) is 20.2. The Hall–Kier alpha value is -0.200. The van der Waals surface area contributed by atoms with Crippen molar-refractivity contribution < 1.29 is 23.7 Å². The average molecular weight is 373 g/mol. The monoisotopic (exact) mass is 372 g/mol. The van der Waals surface area contributed by atoms with Crippen molar-refractivity contribution in [3.05, 3.63) is 0 Å². The van der Waals surface area contributed by atoms with Gasteiger partial charge in [0.05, 0.1) is 44.1 Å². The minimum absolute atomic E-state index is 0.0228. The van der Waals surface area contributed by atoms with Gasteiger partial charge in [-0.2, -0.15) is 0 Å². The van der Waals surface area contributed by atoms with Crippen LogP contribution in [0.1, 0.15) is 68.2 Å². The Morgan fingerprint density at radius 1 is 0.769 bits per heavy atom. The maximum Gasteiger partial charge on any atom is 0.164 e. The molecule has 2 aliphatic rings. The van der Waals surface area contributed by atoms with Gasteiger partial charge in [-0.25, -0.2) is 0 Å². The summed E-state index contributed by atoms with van der Waals surface area (Å²) in [4.78, 5) is 0. The molecule has 0 amide bonds. The van der Waals surface area contributed by atoms with Gasteiger partial charge in [0.1, 0.15) is 0 Å². The zero-order valence-corrected chi connectivity index (χ0v) is 18.1. The second-order valence-electron chi connectivity index (χ2n) is 10.2. The smallest absolute Gasteiger partial charge is 0.164 e. The minimum atomic E-state index is -0.272. The third-order valence-corrected chi connectivity index (χ3v) is 5.80. The quantitative estimate of drug-likeness (QED) is 0.692. The zero-order chi connectivity index (χ0) is 19.6. The molecule has 0 radical (unpaired) electrons. The lowest BCUT2D eigenvalue weighted by atomic mass is 9.86. The molecule has 0 unspecified atom stereocenters. The van der Waals surface area contributed by atoms with Crippen LogP contribution >= 0.6 is 0 Å². The Kier molecular flexibility index (Phi) is 6.83. The van der Waals surface area contributed by atoms with Gasteiger partial charge < -0.3 is 23.7 Å². The van der Waals surface area contributed by atoms with E-state index in [1.54, 1.807) is 0 Å². The van der Waals surface area contributed by atoms with Crippen LogP contribution in [0.4, 0.5) is 0 Å². The lowest BCUT2D eigenvalue weighted by Gasteiger charge is -2.48. The molecular formula is C21H40O5. The van der Waals surface area contributed by atoms with Crippen molar-refractivity contribution >= 4 is 0 Å². The van der Waals surface area contributed by atoms with Crippen LogP contribution in [0.15, 0.2) is 0 Å². The lowest BCUT2D eigenvalue weighted by molar-refractivity contribution is -0.336. The third-order valence-electron chi connectivity index (χ3n) is 5.80. The first kappa shape index (κ1) is 22.1. The van der Waals surface area contributed by atoms with E-state index in [9.17, 15) is 0 Å². The first-order chi connectivity index (χ1) is 12.0. The second kappa shape index (κ2) is 8.04. The van der Waals surface area contributed by atoms with Gasteiger partial charge in [0.2, 0.25) is 0 Å². The normalized spacial score (nSPS) is 31.4. The predicted octanol–water partition coefficient (Wildman–Crippen LogP) is 4.39. The van der Waals surface area contributed by atoms with Crippen molar-refractivity contribution in [3.8, 4) is 0 Å². The van der Waals surface area contributed by atoms with E-state index >= 15 is 0 Å². The summed E-state index contributed by atoms with van der Waals surface area (Å²) < 4.78 is 30.4. The van der Waals surface area contributed by atoms with Gasteiger partial charge in [-0.3, -0.25) is 0 Å². The van der Waals surface area contributed by atoms with E-state index in [2.05, 4.69) is 55.4 Å². The first-order valence-electron chi connectivity index (χ1n) is 10.1. The van der Waals surface area contributed by atoms with Gasteiger partial charge in [0.15, 0.2) is 12.6 Å². The zero-order valence-electron chi connectivity index (χ0n) is 18.1. The van der Waals surface area contributed by atoms with Crippen molar-refractivity contribution in [2.75, 3.05) is 33.0 Å². The Balaban J connectivity index is 1.86. The van der Waals surface area contributed by atoms with Crippen LogP contribution in [0, 0.1) is 16.2 Å². The average Bonchev–Trinajstić information content (AvgIpc) is 2.60. The third kappa shape index (κ3) is 5.20. The molecule has 5 nitrogen and oxygen atoms in total. The van der Waals surface area contributed by atoms with Crippen molar-refractivity contribution in [2.45, 2.75) is 86.4 Å². The van der Waals surface area contributed by atoms with Crippen molar-refractivity contribution in [3.63, 3.8) is 0 Å². The highest BCUT2D eigenvalue weighted by atomic mass is 16.7. The molecule has 0 saturated carbocycles. The van der Waals surface area contributed by atoms with Gasteiger partial charge in [-0.15, -0.1) is 0 Å². The highest BCUT2D eigenvalue weighted by Crippen LogP contribution is 2.38. The fourth-order valence-electron chi connectivity index (χ4n) is 3.19. The molecule has 2 saturated heterocycles. The van der Waals surface area contributed by atoms with E-state index in [0.717, 1.165) is 12.8 Å². The molecule has 0 aromatic carbocycles. The second-order valence-corrected chi connectivity index (χ2v) is 10.2. The van der Waals surface area contributed by atoms with Crippen molar-refractivity contribution in [1.29, 1.82) is 0 Å². The molecule has 1 spiro atoms. The summed E-state index contributed by atoms with van der Waals surface area (Å²) in [5.74, 6) is 0. The molecule has 0 bridgehead atoms. The summed E-state index contributed by atoms with van der Waals surface area (Å²) >= 11 is 0. The van der Waals surface area contributed by atoms with E-state index in [1.165, 1.54) is 0 Å². The Morgan fingerprint density at radius 2 is 1.19 bits per heavy atom. The SMILES string of the molecule is CCC(C)(CC)OCC(C)(C)C1OCC2(COC(C(C)(C)C)OC2)CO1. The van der Waals surface area contributed by atoms with E-state index in [0.29, 0.717) is 33.0 Å². The maximum absolute atomic E-state index is 6.23. The molecule has 2 aliphatic heterocycles. The summed E-state index contributed by atoms with van der Waals surface area (Å²) in [5, 5.41) is 0. The van der Waals surface area contributed by atoms with Gasteiger partial charge in [-0.05, 0) is 19.8 Å². The molecule has 26 heavy (non-hydrogen) atoms. The highest BCUT2D eigenvalue weighted by Gasteiger charge is 2.47. The fraction of sp³-hybridized carbons (Fsp3) is 1.00. The summed E-state index contributed by atoms with van der Waals surface area (Å²) in [6, 6.07) is 0. The minimum Gasteiger partial charge on any atom is -0.375 e. The Labute approximate surface area is 160 Å². The van der Waals surface area contributed by atoms with Crippen LogP contribution in [-0.2, 0) is 23.7 Å². The van der Waals surface area contributed by atoms with Gasteiger partial charge in [0.25, 0.3) is 0 Å². The molecule has 2 rings (SSSR count). The molecule has 0 aromatic rings. The highest BCUT2D eigenvalue weighted by molar-refractivity contribution is 4.88. The summed E-state index contributed by atoms with van der Waals surface area (Å²) in [7, 11) is 0. The van der Waals surface area contributed by atoms with Crippen LogP contribution in [0.5, 0.6) is 0 Å². The van der Waals surface area contributed by atoms with Crippen LogP contribution < -0.4 is 0 Å². The van der Waals surface area contributed by atoms with E-state index in [4.69, 9.17) is 23.7 Å². The largest absolute Gasteiger partial charge is 0.375 e. The number of ether oxygens (including phenoxy) is 5. The van der Waals surface area contributed by atoms with Crippen molar-refractivity contribution in [2.24, 2.45) is 16.2 Å². The molecule has 2 heterocycles. The molecule has 0 aromatic heterocycles. The Morgan fingerprint density at radius 3 is 1.58 bits per heavy atom. The van der Waals surface area contributed by atoms with Crippen LogP contribution in [0.2, 0.25) is 0 Å². The number of hydrogen-bond acceptors (Lipinski definition) is 5. The van der Waals surface area contributed by atoms with E-state index in [1.807, 2.05) is 0 Å². The molecule has 0 aliphatic carbocycles. The maximum atomic E-state index is 6.23. The van der Waals surface area contributed by atoms with E-state index < -0.39 is 0 Å². The molecule has 5 heteroatoms. The molecule has 2 fully saturated rings. The number of rotatable bonds is 6. The van der Waals surface area contributed by atoms with E-state index in [-0.39, 0.29) is 34.4 Å². The molecule has 0 atom stereocenters. The van der Waals surface area contributed by atoms with Crippen molar-refractivity contribution in [1.82, 2.24) is 0 Å². The first-order valence-corrected chi connectivity index (χ1v) is 10.1. The van der Waals surface area contributed by atoms with Crippen LogP contribution in [-0.4, -0.2) is 51.2 Å². The Bertz CT molecular complexity index is 432.